The summed E-state index contributed by atoms with van der Waals surface area (Å²) in [4.78, 5) is 23.6. The van der Waals surface area contributed by atoms with Crippen LogP contribution in [0.4, 0.5) is 4.39 Å². The first kappa shape index (κ1) is 25.0. The SMILES string of the molecule is CCCc1cc(C(=O)c2ccc(F)cc2)ccc1OCCCn1ccc2ccc(OCC(=O)O)cc21. The number of hydrogen-bond donors (Lipinski definition) is 1. The summed E-state index contributed by atoms with van der Waals surface area (Å²) in [5.74, 6) is -0.264. The number of carbonyl (C=O) groups is 2. The maximum atomic E-state index is 13.2. The molecule has 0 aliphatic carbocycles. The molecule has 4 aromatic rings. The minimum absolute atomic E-state index is 0.148. The predicted octanol–water partition coefficient (Wildman–Crippen LogP) is 5.90. The van der Waals surface area contributed by atoms with E-state index in [1.807, 2.05) is 36.5 Å². The standard InChI is InChI=1S/C29H28FNO5/c1-2-4-22-17-23(29(34)21-5-9-24(30)10-6-21)8-12-27(22)35-16-3-14-31-15-13-20-7-11-25(18-26(20)31)36-19-28(32)33/h5-13,15,17-18H,2-4,14,16,19H2,1H3,(H,32,33). The molecule has 3 aromatic carbocycles. The van der Waals surface area contributed by atoms with Crippen LogP contribution < -0.4 is 9.47 Å². The van der Waals surface area contributed by atoms with Crippen LogP contribution in [0.5, 0.6) is 11.5 Å². The quantitative estimate of drug-likeness (QED) is 0.198. The first-order chi connectivity index (χ1) is 17.4. The Balaban J connectivity index is 1.39. The lowest BCUT2D eigenvalue weighted by Crippen LogP contribution is -2.09. The van der Waals surface area contributed by atoms with Gasteiger partial charge in [-0.3, -0.25) is 4.79 Å². The van der Waals surface area contributed by atoms with Crippen molar-refractivity contribution < 1.29 is 28.6 Å². The smallest absolute Gasteiger partial charge is 0.341 e. The second-order valence-electron chi connectivity index (χ2n) is 8.52. The summed E-state index contributed by atoms with van der Waals surface area (Å²) in [5.41, 5.74) is 2.94. The van der Waals surface area contributed by atoms with Crippen LogP contribution in [0.1, 0.15) is 41.3 Å². The van der Waals surface area contributed by atoms with Gasteiger partial charge in [-0.15, -0.1) is 0 Å². The van der Waals surface area contributed by atoms with Crippen molar-refractivity contribution in [1.82, 2.24) is 4.57 Å². The van der Waals surface area contributed by atoms with Gasteiger partial charge in [-0.05, 0) is 84.5 Å². The number of carbonyl (C=O) groups excluding carboxylic acids is 1. The molecule has 1 N–H and O–H groups in total. The molecule has 1 aromatic heterocycles. The van der Waals surface area contributed by atoms with E-state index in [9.17, 15) is 14.0 Å². The van der Waals surface area contributed by atoms with E-state index in [4.69, 9.17) is 14.6 Å². The molecule has 186 valence electrons. The molecule has 0 radical (unpaired) electrons. The highest BCUT2D eigenvalue weighted by Crippen LogP contribution is 2.25. The van der Waals surface area contributed by atoms with Gasteiger partial charge in [0.1, 0.15) is 17.3 Å². The van der Waals surface area contributed by atoms with Crippen LogP contribution in [0.3, 0.4) is 0 Å². The van der Waals surface area contributed by atoms with Crippen molar-refractivity contribution in [3.05, 3.63) is 95.4 Å². The number of rotatable bonds is 12. The molecule has 0 unspecified atom stereocenters. The molecule has 0 fully saturated rings. The van der Waals surface area contributed by atoms with Gasteiger partial charge >= 0.3 is 5.97 Å². The summed E-state index contributed by atoms with van der Waals surface area (Å²) >= 11 is 0. The summed E-state index contributed by atoms with van der Waals surface area (Å²) in [5, 5.41) is 9.87. The Morgan fingerprint density at radius 1 is 0.944 bits per heavy atom. The molecular weight excluding hydrogens is 461 g/mol. The number of ketones is 1. The van der Waals surface area contributed by atoms with E-state index in [1.54, 1.807) is 12.1 Å². The number of fused-ring (bicyclic) bond motifs is 1. The van der Waals surface area contributed by atoms with Crippen molar-refractivity contribution in [3.8, 4) is 11.5 Å². The van der Waals surface area contributed by atoms with Crippen molar-refractivity contribution in [2.24, 2.45) is 0 Å². The van der Waals surface area contributed by atoms with E-state index < -0.39 is 5.97 Å². The Hall–Kier alpha value is -4.13. The maximum Gasteiger partial charge on any atom is 0.341 e. The molecule has 0 aliphatic heterocycles. The average molecular weight is 490 g/mol. The Kier molecular flexibility index (Phi) is 8.00. The van der Waals surface area contributed by atoms with Gasteiger partial charge in [-0.25, -0.2) is 9.18 Å². The zero-order chi connectivity index (χ0) is 25.5. The zero-order valence-corrected chi connectivity index (χ0v) is 20.1. The van der Waals surface area contributed by atoms with Crippen LogP contribution >= 0.6 is 0 Å². The molecule has 36 heavy (non-hydrogen) atoms. The van der Waals surface area contributed by atoms with Gasteiger partial charge in [-0.1, -0.05) is 13.3 Å². The third-order valence-corrected chi connectivity index (χ3v) is 5.86. The number of nitrogens with zero attached hydrogens (tertiary/aromatic N) is 1. The van der Waals surface area contributed by atoms with Crippen molar-refractivity contribution in [3.63, 3.8) is 0 Å². The van der Waals surface area contributed by atoms with Gasteiger partial charge in [0.05, 0.1) is 12.1 Å². The monoisotopic (exact) mass is 489 g/mol. The first-order valence-electron chi connectivity index (χ1n) is 11.9. The van der Waals surface area contributed by atoms with E-state index in [0.29, 0.717) is 23.5 Å². The third kappa shape index (κ3) is 6.10. The molecule has 0 aliphatic rings. The first-order valence-corrected chi connectivity index (χ1v) is 11.9. The number of aryl methyl sites for hydroxylation is 2. The Labute approximate surface area is 208 Å². The minimum atomic E-state index is -1.02. The zero-order valence-electron chi connectivity index (χ0n) is 20.1. The lowest BCUT2D eigenvalue weighted by molar-refractivity contribution is -0.139. The summed E-state index contributed by atoms with van der Waals surface area (Å²) in [6.45, 7) is 2.91. The van der Waals surface area contributed by atoms with Crippen molar-refractivity contribution in [2.45, 2.75) is 32.7 Å². The molecule has 0 spiro atoms. The minimum Gasteiger partial charge on any atom is -0.493 e. The summed E-state index contributed by atoms with van der Waals surface area (Å²) in [6, 6.07) is 18.5. The number of aromatic nitrogens is 1. The highest BCUT2D eigenvalue weighted by molar-refractivity contribution is 6.09. The van der Waals surface area contributed by atoms with Gasteiger partial charge in [0.15, 0.2) is 12.4 Å². The normalized spacial score (nSPS) is 10.9. The summed E-state index contributed by atoms with van der Waals surface area (Å²) in [6.07, 6.45) is 4.43. The lowest BCUT2D eigenvalue weighted by atomic mass is 9.99. The molecule has 7 heteroatoms. The van der Waals surface area contributed by atoms with Gasteiger partial charge in [0.25, 0.3) is 0 Å². The number of carboxylic acids is 1. The van der Waals surface area contributed by atoms with Crippen molar-refractivity contribution in [2.75, 3.05) is 13.2 Å². The number of carboxylic acid groups (broad SMARTS) is 1. The molecule has 0 saturated carbocycles. The molecule has 4 rings (SSSR count). The predicted molar refractivity (Wildman–Crippen MR) is 135 cm³/mol. The van der Waals surface area contributed by atoms with Gasteiger partial charge in [0.2, 0.25) is 0 Å². The van der Waals surface area contributed by atoms with Crippen LogP contribution in [0.15, 0.2) is 72.9 Å². The summed E-state index contributed by atoms with van der Waals surface area (Å²) in [7, 11) is 0. The topological polar surface area (TPSA) is 77.8 Å². The fourth-order valence-corrected chi connectivity index (χ4v) is 4.10. The molecule has 0 amide bonds. The van der Waals surface area contributed by atoms with E-state index in [2.05, 4.69) is 11.5 Å². The number of halogens is 1. The number of hydrogen-bond acceptors (Lipinski definition) is 4. The van der Waals surface area contributed by atoms with E-state index in [1.165, 1.54) is 24.3 Å². The van der Waals surface area contributed by atoms with Crippen LogP contribution in [-0.2, 0) is 17.8 Å². The lowest BCUT2D eigenvalue weighted by Gasteiger charge is -2.13. The maximum absolute atomic E-state index is 13.2. The molecule has 1 heterocycles. The molecule has 0 bridgehead atoms. The van der Waals surface area contributed by atoms with Crippen LogP contribution in [0.2, 0.25) is 0 Å². The number of aliphatic carboxylic acids is 1. The molecule has 0 saturated heterocycles. The van der Waals surface area contributed by atoms with E-state index >= 15 is 0 Å². The van der Waals surface area contributed by atoms with Crippen molar-refractivity contribution in [1.29, 1.82) is 0 Å². The second-order valence-corrected chi connectivity index (χ2v) is 8.52. The highest BCUT2D eigenvalue weighted by Gasteiger charge is 2.13. The van der Waals surface area contributed by atoms with Crippen molar-refractivity contribution >= 4 is 22.7 Å². The molecular formula is C29H28FNO5. The third-order valence-electron chi connectivity index (χ3n) is 5.86. The average Bonchev–Trinajstić information content (AvgIpc) is 3.28. The fraction of sp³-hybridized carbons (Fsp3) is 0.241. The number of ether oxygens (including phenoxy) is 2. The highest BCUT2D eigenvalue weighted by atomic mass is 19.1. The molecule has 0 atom stereocenters. The van der Waals surface area contributed by atoms with Crippen LogP contribution in [0.25, 0.3) is 10.9 Å². The Bertz CT molecular complexity index is 1360. The largest absolute Gasteiger partial charge is 0.493 e. The second kappa shape index (κ2) is 11.5. The van der Waals surface area contributed by atoms with Gasteiger partial charge < -0.3 is 19.1 Å². The Morgan fingerprint density at radius 3 is 2.47 bits per heavy atom. The molecule has 6 nitrogen and oxygen atoms in total. The number of benzene rings is 3. The Morgan fingerprint density at radius 2 is 1.72 bits per heavy atom. The van der Waals surface area contributed by atoms with Gasteiger partial charge in [0, 0.05) is 29.9 Å². The van der Waals surface area contributed by atoms with E-state index in [0.717, 1.165) is 48.0 Å². The van der Waals surface area contributed by atoms with E-state index in [-0.39, 0.29) is 18.2 Å². The fourth-order valence-electron chi connectivity index (χ4n) is 4.10. The van der Waals surface area contributed by atoms with Crippen LogP contribution in [-0.4, -0.2) is 34.6 Å². The summed E-state index contributed by atoms with van der Waals surface area (Å²) < 4.78 is 26.7. The van der Waals surface area contributed by atoms with Crippen LogP contribution in [0, 0.1) is 5.82 Å². The van der Waals surface area contributed by atoms with Gasteiger partial charge in [-0.2, -0.15) is 0 Å².